The van der Waals surface area contributed by atoms with E-state index in [1.54, 1.807) is 37.4 Å². The predicted molar refractivity (Wildman–Crippen MR) is 257 cm³/mol. The Balaban J connectivity index is 1.49. The number of nitrogens with zero attached hydrogens (tertiary/aromatic N) is 1. The number of rotatable bonds is 17. The van der Waals surface area contributed by atoms with Crippen LogP contribution in [0.5, 0.6) is 0 Å². The van der Waals surface area contributed by atoms with Gasteiger partial charge in [0, 0.05) is 31.7 Å². The van der Waals surface area contributed by atoms with Crippen LogP contribution >= 0.6 is 11.8 Å². The molecule has 0 fully saturated rings. The Labute approximate surface area is 389 Å². The molecule has 0 saturated heterocycles. The average Bonchev–Trinajstić information content (AvgIpc) is 3.24. The highest BCUT2D eigenvalue weighted by molar-refractivity contribution is 8.00. The van der Waals surface area contributed by atoms with Crippen molar-refractivity contribution < 1.29 is 33.4 Å². The van der Waals surface area contributed by atoms with Gasteiger partial charge in [-0.05, 0) is 81.2 Å². The van der Waals surface area contributed by atoms with E-state index in [0.29, 0.717) is 5.75 Å². The van der Waals surface area contributed by atoms with E-state index in [1.807, 2.05) is 120 Å². The van der Waals surface area contributed by atoms with Gasteiger partial charge in [-0.2, -0.15) is 0 Å². The number of fused-ring (bicyclic) bond motifs is 1. The SMILES string of the molecule is CC(C)(C)OC(=O)N[C@H](CN[C@H](C(=O)N1Cc2ccccc2C[C@H]1C(=O)N[C@@H](CCC(N)=O)C(=O)OC(C)(C)C)C(C)(C)C)CSC(c1ccccc1)(c1ccccc1)c1ccccc1. The zero-order valence-corrected chi connectivity index (χ0v) is 40.1. The van der Waals surface area contributed by atoms with Crippen LogP contribution in [0, 0.1) is 5.41 Å². The van der Waals surface area contributed by atoms with Crippen molar-refractivity contribution in [3.8, 4) is 0 Å². The van der Waals surface area contributed by atoms with Gasteiger partial charge in [-0.1, -0.05) is 136 Å². The molecule has 0 aromatic heterocycles. The van der Waals surface area contributed by atoms with Crippen molar-refractivity contribution in [1.82, 2.24) is 20.9 Å². The first-order chi connectivity index (χ1) is 30.6. The minimum absolute atomic E-state index is 0.0659. The monoisotopic (exact) mass is 905 g/mol. The molecule has 5 N–H and O–H groups in total. The van der Waals surface area contributed by atoms with Gasteiger partial charge in [-0.3, -0.25) is 14.4 Å². The molecule has 65 heavy (non-hydrogen) atoms. The molecule has 1 aliphatic rings. The summed E-state index contributed by atoms with van der Waals surface area (Å²) in [4.78, 5) is 70.0. The van der Waals surface area contributed by atoms with Crippen LogP contribution in [-0.4, -0.2) is 82.4 Å². The van der Waals surface area contributed by atoms with E-state index in [-0.39, 0.29) is 38.3 Å². The lowest BCUT2D eigenvalue weighted by Gasteiger charge is -2.42. The molecule has 4 aromatic rings. The standard InChI is InChI=1S/C52H67N5O7S/c1-49(2,3)44(46(60)57-33-36-22-20-19-21-35(36)31-42(57)45(59)56-41(29-30-43(53)58)47(61)63-50(4,5)6)54-32-40(55-48(62)64-51(7,8)9)34-65-52(37-23-13-10-14-24-37,38-25-15-11-16-26-38)39-27-17-12-18-28-39/h10-28,40-42,44,54H,29-34H2,1-9H3,(H2,53,58)(H,55,62)(H,56,59)/t40-,41+,42+,44-/m1/s1. The summed E-state index contributed by atoms with van der Waals surface area (Å²) in [6.07, 6.45) is -0.616. The maximum atomic E-state index is 15.2. The second-order valence-electron chi connectivity index (χ2n) is 19.7. The third-order valence-electron chi connectivity index (χ3n) is 11.0. The quantitative estimate of drug-likeness (QED) is 0.0614. The van der Waals surface area contributed by atoms with Crippen molar-refractivity contribution in [1.29, 1.82) is 0 Å². The first kappa shape index (κ1) is 50.3. The number of primary amides is 1. The van der Waals surface area contributed by atoms with Gasteiger partial charge in [0.2, 0.25) is 17.7 Å². The number of thioether (sulfide) groups is 1. The van der Waals surface area contributed by atoms with E-state index in [1.165, 1.54) is 0 Å². The topological polar surface area (TPSA) is 169 Å². The second kappa shape index (κ2) is 21.6. The molecule has 13 heteroatoms. The number of alkyl carbamates (subject to hydrolysis) is 1. The molecule has 4 atom stereocenters. The van der Waals surface area contributed by atoms with Crippen molar-refractivity contribution >= 4 is 41.5 Å². The molecular formula is C52H67N5O7S. The van der Waals surface area contributed by atoms with E-state index in [2.05, 4.69) is 52.3 Å². The molecule has 348 valence electrons. The molecule has 5 rings (SSSR count). The largest absolute Gasteiger partial charge is 0.458 e. The van der Waals surface area contributed by atoms with Crippen LogP contribution in [0.2, 0.25) is 0 Å². The number of carbonyl (C=O) groups excluding carboxylic acids is 5. The summed E-state index contributed by atoms with van der Waals surface area (Å²) < 4.78 is 10.7. The van der Waals surface area contributed by atoms with Crippen LogP contribution in [0.4, 0.5) is 4.79 Å². The number of hydrogen-bond donors (Lipinski definition) is 4. The van der Waals surface area contributed by atoms with Gasteiger partial charge in [0.1, 0.15) is 23.3 Å². The lowest BCUT2D eigenvalue weighted by molar-refractivity contribution is -0.159. The Morgan fingerprint density at radius 3 is 1.66 bits per heavy atom. The average molecular weight is 906 g/mol. The molecule has 12 nitrogen and oxygen atoms in total. The molecule has 4 amide bonds. The van der Waals surface area contributed by atoms with Gasteiger partial charge in [-0.25, -0.2) is 9.59 Å². The number of nitrogens with two attached hydrogens (primary N) is 1. The van der Waals surface area contributed by atoms with Crippen LogP contribution in [-0.2, 0) is 46.4 Å². The number of hydrogen-bond acceptors (Lipinski definition) is 9. The summed E-state index contributed by atoms with van der Waals surface area (Å²) in [6.45, 7) is 16.8. The van der Waals surface area contributed by atoms with Crippen LogP contribution in [0.3, 0.4) is 0 Å². The van der Waals surface area contributed by atoms with Crippen molar-refractivity contribution in [3.63, 3.8) is 0 Å². The van der Waals surface area contributed by atoms with Crippen LogP contribution in [0.15, 0.2) is 115 Å². The lowest BCUT2D eigenvalue weighted by atomic mass is 9.84. The summed E-state index contributed by atoms with van der Waals surface area (Å²) in [5.41, 5.74) is 8.15. The normalized spacial score (nSPS) is 15.7. The molecule has 1 aliphatic heterocycles. The summed E-state index contributed by atoms with van der Waals surface area (Å²) in [5.74, 6) is -1.81. The number of esters is 1. The van der Waals surface area contributed by atoms with Crippen LogP contribution in [0.25, 0.3) is 0 Å². The molecule has 0 radical (unpaired) electrons. The molecular weight excluding hydrogens is 839 g/mol. The molecule has 1 heterocycles. The zero-order chi connectivity index (χ0) is 47.6. The highest BCUT2D eigenvalue weighted by atomic mass is 32.2. The minimum Gasteiger partial charge on any atom is -0.458 e. The Hall–Kier alpha value is -5.66. The number of carbonyl (C=O) groups is 5. The fourth-order valence-corrected chi connectivity index (χ4v) is 9.54. The molecule has 4 aromatic carbocycles. The third-order valence-corrected chi connectivity index (χ3v) is 12.7. The highest BCUT2D eigenvalue weighted by Crippen LogP contribution is 2.48. The second-order valence-corrected chi connectivity index (χ2v) is 20.9. The van der Waals surface area contributed by atoms with E-state index in [4.69, 9.17) is 15.2 Å². The van der Waals surface area contributed by atoms with E-state index in [9.17, 15) is 19.2 Å². The first-order valence-corrected chi connectivity index (χ1v) is 23.3. The lowest BCUT2D eigenvalue weighted by Crippen LogP contribution is -2.62. The van der Waals surface area contributed by atoms with Gasteiger partial charge in [0.15, 0.2) is 0 Å². The molecule has 0 spiro atoms. The van der Waals surface area contributed by atoms with Crippen LogP contribution in [0.1, 0.15) is 103 Å². The van der Waals surface area contributed by atoms with Gasteiger partial charge in [0.25, 0.3) is 0 Å². The zero-order valence-electron chi connectivity index (χ0n) is 39.3. The maximum absolute atomic E-state index is 15.2. The van der Waals surface area contributed by atoms with Crippen molar-refractivity contribution in [2.45, 2.75) is 128 Å². The van der Waals surface area contributed by atoms with Gasteiger partial charge in [0.05, 0.1) is 16.8 Å². The first-order valence-electron chi connectivity index (χ1n) is 22.3. The minimum atomic E-state index is -1.17. The number of ether oxygens (including phenoxy) is 2. The summed E-state index contributed by atoms with van der Waals surface area (Å²) in [5, 5.41) is 9.49. The van der Waals surface area contributed by atoms with E-state index in [0.717, 1.165) is 27.8 Å². The van der Waals surface area contributed by atoms with Crippen LogP contribution < -0.4 is 21.7 Å². The fraction of sp³-hybridized carbons (Fsp3) is 0.442. The Bertz CT molecular complexity index is 2140. The van der Waals surface area contributed by atoms with E-state index >= 15 is 4.79 Å². The Morgan fingerprint density at radius 1 is 0.692 bits per heavy atom. The third kappa shape index (κ3) is 13.9. The van der Waals surface area contributed by atoms with Gasteiger partial charge < -0.3 is 36.1 Å². The fourth-order valence-electron chi connectivity index (χ4n) is 7.98. The van der Waals surface area contributed by atoms with Crippen molar-refractivity contribution in [3.05, 3.63) is 143 Å². The highest BCUT2D eigenvalue weighted by Gasteiger charge is 2.43. The van der Waals surface area contributed by atoms with Gasteiger partial charge in [-0.15, -0.1) is 11.8 Å². The summed E-state index contributed by atoms with van der Waals surface area (Å²) in [7, 11) is 0. The Kier molecular flexibility index (Phi) is 16.7. The smallest absolute Gasteiger partial charge is 0.407 e. The Morgan fingerprint density at radius 2 is 1.18 bits per heavy atom. The molecule has 0 aliphatic carbocycles. The molecule has 0 saturated carbocycles. The van der Waals surface area contributed by atoms with Crippen molar-refractivity contribution in [2.75, 3.05) is 12.3 Å². The summed E-state index contributed by atoms with van der Waals surface area (Å²) >= 11 is 1.68. The van der Waals surface area contributed by atoms with E-state index < -0.39 is 69.4 Å². The summed E-state index contributed by atoms with van der Waals surface area (Å²) in [6, 6.07) is 34.9. The molecule has 0 unspecified atom stereocenters. The van der Waals surface area contributed by atoms with Gasteiger partial charge >= 0.3 is 12.1 Å². The molecule has 0 bridgehead atoms. The maximum Gasteiger partial charge on any atom is 0.407 e. The predicted octanol–water partition coefficient (Wildman–Crippen LogP) is 7.65. The van der Waals surface area contributed by atoms with Crippen molar-refractivity contribution in [2.24, 2.45) is 11.1 Å². The number of amides is 4. The number of nitrogens with one attached hydrogen (secondary N) is 3. The number of benzene rings is 4.